The van der Waals surface area contributed by atoms with Gasteiger partial charge in [0.25, 0.3) is 0 Å². The smallest absolute Gasteiger partial charge is 0.244 e. The second-order valence-electron chi connectivity index (χ2n) is 4.53. The van der Waals surface area contributed by atoms with Crippen molar-refractivity contribution in [1.29, 1.82) is 0 Å². The summed E-state index contributed by atoms with van der Waals surface area (Å²) in [6.45, 7) is 2.45. The van der Waals surface area contributed by atoms with E-state index in [1.165, 1.54) is 13.2 Å². The first-order valence-electron chi connectivity index (χ1n) is 6.35. The Morgan fingerprint density at radius 1 is 1.43 bits per heavy atom. The number of aryl methyl sites for hydroxylation is 1. The number of benzene rings is 1. The summed E-state index contributed by atoms with van der Waals surface area (Å²) in [7, 11) is -2.27. The van der Waals surface area contributed by atoms with Crippen molar-refractivity contribution in [3.8, 4) is 5.75 Å². The molecule has 0 amide bonds. The molecule has 2 rings (SSSR count). The molecular formula is C13H18N4O3S. The molecule has 8 heteroatoms. The lowest BCUT2D eigenvalue weighted by Crippen LogP contribution is -2.28. The molecule has 0 atom stereocenters. The number of aromatic nitrogens is 2. The number of hydrogen-bond donors (Lipinski definition) is 2. The molecule has 0 fully saturated rings. The number of nitrogens with two attached hydrogens (primary N) is 1. The van der Waals surface area contributed by atoms with Gasteiger partial charge in [-0.1, -0.05) is 0 Å². The highest BCUT2D eigenvalue weighted by Gasteiger charge is 2.20. The van der Waals surface area contributed by atoms with Gasteiger partial charge in [0.2, 0.25) is 10.0 Å². The molecule has 0 aliphatic heterocycles. The van der Waals surface area contributed by atoms with Gasteiger partial charge in [-0.3, -0.25) is 4.68 Å². The van der Waals surface area contributed by atoms with Crippen LogP contribution in [0.3, 0.4) is 0 Å². The molecule has 1 aromatic heterocycles. The SMILES string of the molecule is COc1cc(C)c(N)cc1S(=O)(=O)NCCn1cccn1. The lowest BCUT2D eigenvalue weighted by molar-refractivity contribution is 0.402. The third-order valence-corrected chi connectivity index (χ3v) is 4.52. The Morgan fingerprint density at radius 2 is 2.19 bits per heavy atom. The summed E-state index contributed by atoms with van der Waals surface area (Å²) in [6, 6.07) is 4.79. The van der Waals surface area contributed by atoms with Gasteiger partial charge in [0.15, 0.2) is 0 Å². The van der Waals surface area contributed by atoms with Crippen LogP contribution >= 0.6 is 0 Å². The van der Waals surface area contributed by atoms with E-state index in [4.69, 9.17) is 10.5 Å². The van der Waals surface area contributed by atoms with Crippen molar-refractivity contribution in [1.82, 2.24) is 14.5 Å². The van der Waals surface area contributed by atoms with E-state index in [1.807, 2.05) is 0 Å². The summed E-state index contributed by atoms with van der Waals surface area (Å²) in [5, 5.41) is 4.01. The number of nitrogens with zero attached hydrogens (tertiary/aromatic N) is 2. The summed E-state index contributed by atoms with van der Waals surface area (Å²) < 4.78 is 33.9. The highest BCUT2D eigenvalue weighted by Crippen LogP contribution is 2.28. The van der Waals surface area contributed by atoms with Crippen LogP contribution in [0.15, 0.2) is 35.5 Å². The second kappa shape index (κ2) is 6.15. The number of methoxy groups -OCH3 is 1. The molecule has 3 N–H and O–H groups in total. The predicted octanol–water partition coefficient (Wildman–Crippen LogP) is 0.761. The van der Waals surface area contributed by atoms with Crippen LogP contribution in [-0.2, 0) is 16.6 Å². The van der Waals surface area contributed by atoms with Gasteiger partial charge in [0, 0.05) is 24.6 Å². The van der Waals surface area contributed by atoms with Gasteiger partial charge in [-0.05, 0) is 30.7 Å². The molecule has 0 unspecified atom stereocenters. The standard InChI is InChI=1S/C13H18N4O3S/c1-10-8-12(20-2)13(9-11(10)14)21(18,19)16-5-7-17-6-3-4-15-17/h3-4,6,8-9,16H,5,7,14H2,1-2H3. The fraction of sp³-hybridized carbons (Fsp3) is 0.308. The first-order chi connectivity index (χ1) is 9.94. The van der Waals surface area contributed by atoms with Crippen molar-refractivity contribution in [3.05, 3.63) is 36.2 Å². The van der Waals surface area contributed by atoms with Gasteiger partial charge in [0.05, 0.1) is 13.7 Å². The number of anilines is 1. The van der Waals surface area contributed by atoms with Gasteiger partial charge < -0.3 is 10.5 Å². The van der Waals surface area contributed by atoms with Gasteiger partial charge in [-0.2, -0.15) is 5.10 Å². The van der Waals surface area contributed by atoms with Crippen LogP contribution in [0.2, 0.25) is 0 Å². The summed E-state index contributed by atoms with van der Waals surface area (Å²) in [5.74, 6) is 0.272. The lowest BCUT2D eigenvalue weighted by atomic mass is 10.2. The summed E-state index contributed by atoms with van der Waals surface area (Å²) in [6.07, 6.45) is 3.40. The zero-order valence-corrected chi connectivity index (χ0v) is 12.7. The Kier molecular flexibility index (Phi) is 4.49. The topological polar surface area (TPSA) is 99.2 Å². The molecule has 7 nitrogen and oxygen atoms in total. The van der Waals surface area contributed by atoms with Crippen LogP contribution in [-0.4, -0.2) is 31.9 Å². The minimum Gasteiger partial charge on any atom is -0.495 e. The fourth-order valence-corrected chi connectivity index (χ4v) is 3.06. The molecule has 0 spiro atoms. The quantitative estimate of drug-likeness (QED) is 0.767. The second-order valence-corrected chi connectivity index (χ2v) is 6.26. The normalized spacial score (nSPS) is 11.5. The van der Waals surface area contributed by atoms with Crippen LogP contribution in [0, 0.1) is 6.92 Å². The van der Waals surface area contributed by atoms with E-state index in [2.05, 4.69) is 9.82 Å². The minimum absolute atomic E-state index is 0.0357. The largest absolute Gasteiger partial charge is 0.495 e. The number of ether oxygens (including phenoxy) is 1. The average molecular weight is 310 g/mol. The maximum Gasteiger partial charge on any atom is 0.244 e. The predicted molar refractivity (Wildman–Crippen MR) is 79.6 cm³/mol. The van der Waals surface area contributed by atoms with Gasteiger partial charge in [-0.25, -0.2) is 13.1 Å². The highest BCUT2D eigenvalue weighted by molar-refractivity contribution is 7.89. The number of nitrogens with one attached hydrogen (secondary N) is 1. The molecule has 0 radical (unpaired) electrons. The third-order valence-electron chi connectivity index (χ3n) is 3.03. The number of rotatable bonds is 6. The Labute approximate surface area is 123 Å². The van der Waals surface area contributed by atoms with E-state index < -0.39 is 10.0 Å². The zero-order valence-electron chi connectivity index (χ0n) is 11.9. The third kappa shape index (κ3) is 3.53. The van der Waals surface area contributed by atoms with E-state index in [-0.39, 0.29) is 17.2 Å². The molecule has 114 valence electrons. The molecule has 0 saturated carbocycles. The molecule has 21 heavy (non-hydrogen) atoms. The number of nitrogen functional groups attached to an aromatic ring is 1. The first kappa shape index (κ1) is 15.3. The molecule has 1 aromatic carbocycles. The van der Waals surface area contributed by atoms with Gasteiger partial charge in [-0.15, -0.1) is 0 Å². The van der Waals surface area contributed by atoms with Crippen LogP contribution in [0.25, 0.3) is 0 Å². The molecule has 0 saturated heterocycles. The van der Waals surface area contributed by atoms with E-state index in [1.54, 1.807) is 36.1 Å². The summed E-state index contributed by atoms with van der Waals surface area (Å²) in [5.41, 5.74) is 6.96. The van der Waals surface area contributed by atoms with E-state index in [0.29, 0.717) is 12.2 Å². The van der Waals surface area contributed by atoms with Crippen molar-refractivity contribution in [3.63, 3.8) is 0 Å². The Hall–Kier alpha value is -2.06. The van der Waals surface area contributed by atoms with E-state index >= 15 is 0 Å². The lowest BCUT2D eigenvalue weighted by Gasteiger charge is -2.13. The van der Waals surface area contributed by atoms with Crippen molar-refractivity contribution >= 4 is 15.7 Å². The molecule has 2 aromatic rings. The van der Waals surface area contributed by atoms with Crippen molar-refractivity contribution < 1.29 is 13.2 Å². The summed E-state index contributed by atoms with van der Waals surface area (Å²) in [4.78, 5) is 0.0357. The fourth-order valence-electron chi connectivity index (χ4n) is 1.85. The van der Waals surface area contributed by atoms with E-state index in [9.17, 15) is 8.42 Å². The van der Waals surface area contributed by atoms with E-state index in [0.717, 1.165) is 5.56 Å². The summed E-state index contributed by atoms with van der Waals surface area (Å²) >= 11 is 0. The first-order valence-corrected chi connectivity index (χ1v) is 7.83. The molecule has 0 aliphatic carbocycles. The van der Waals surface area contributed by atoms with Gasteiger partial charge in [0.1, 0.15) is 10.6 Å². The maximum atomic E-state index is 12.3. The average Bonchev–Trinajstić information content (AvgIpc) is 2.94. The van der Waals surface area contributed by atoms with Crippen LogP contribution in [0.1, 0.15) is 5.56 Å². The molecule has 1 heterocycles. The molecular weight excluding hydrogens is 292 g/mol. The number of hydrogen-bond acceptors (Lipinski definition) is 5. The van der Waals surface area contributed by atoms with Crippen LogP contribution < -0.4 is 15.2 Å². The van der Waals surface area contributed by atoms with Crippen LogP contribution in [0.4, 0.5) is 5.69 Å². The Balaban J connectivity index is 2.17. The number of sulfonamides is 1. The zero-order chi connectivity index (χ0) is 15.5. The monoisotopic (exact) mass is 310 g/mol. The minimum atomic E-state index is -3.69. The molecule has 0 bridgehead atoms. The van der Waals surface area contributed by atoms with Gasteiger partial charge >= 0.3 is 0 Å². The van der Waals surface area contributed by atoms with Crippen molar-refractivity contribution in [2.45, 2.75) is 18.4 Å². The van der Waals surface area contributed by atoms with Crippen molar-refractivity contribution in [2.75, 3.05) is 19.4 Å². The molecule has 0 aliphatic rings. The maximum absolute atomic E-state index is 12.3. The van der Waals surface area contributed by atoms with Crippen molar-refractivity contribution in [2.24, 2.45) is 0 Å². The van der Waals surface area contributed by atoms with Crippen LogP contribution in [0.5, 0.6) is 5.75 Å². The Bertz CT molecular complexity index is 711. The Morgan fingerprint density at radius 3 is 2.81 bits per heavy atom. The highest BCUT2D eigenvalue weighted by atomic mass is 32.2.